The number of benzene rings is 1. The first-order chi connectivity index (χ1) is 8.56. The molecule has 2 rings (SSSR count). The van der Waals surface area contributed by atoms with E-state index >= 15 is 0 Å². The Kier molecular flexibility index (Phi) is 3.46. The molecule has 0 saturated carbocycles. The summed E-state index contributed by atoms with van der Waals surface area (Å²) in [5, 5.41) is 2.87. The minimum absolute atomic E-state index is 0.0229. The minimum atomic E-state index is -0.112. The van der Waals surface area contributed by atoms with Crippen molar-refractivity contribution in [2.75, 3.05) is 0 Å². The highest BCUT2D eigenvalue weighted by Crippen LogP contribution is 2.11. The van der Waals surface area contributed by atoms with E-state index < -0.39 is 0 Å². The fourth-order valence-electron chi connectivity index (χ4n) is 1.79. The van der Waals surface area contributed by atoms with Crippen LogP contribution < -0.4 is 5.32 Å². The fraction of sp³-hybridized carbons (Fsp3) is 0.286. The Labute approximate surface area is 106 Å². The summed E-state index contributed by atoms with van der Waals surface area (Å²) in [4.78, 5) is 19.2. The van der Waals surface area contributed by atoms with Gasteiger partial charge in [0.25, 0.3) is 0 Å². The van der Waals surface area contributed by atoms with Crippen molar-refractivity contribution >= 4 is 16.9 Å². The Hall–Kier alpha value is -2.10. The van der Waals surface area contributed by atoms with Crippen LogP contribution in [0.25, 0.3) is 11.0 Å². The average Bonchev–Trinajstić information content (AvgIpc) is 2.70. The van der Waals surface area contributed by atoms with Gasteiger partial charge in [0.05, 0.1) is 11.0 Å². The average molecular weight is 243 g/mol. The summed E-state index contributed by atoms with van der Waals surface area (Å²) in [6.45, 7) is 7.26. The van der Waals surface area contributed by atoms with E-state index in [0.29, 0.717) is 12.0 Å². The van der Waals surface area contributed by atoms with Gasteiger partial charge in [0.2, 0.25) is 5.91 Å². The molecule has 0 aliphatic carbocycles. The first kappa shape index (κ1) is 12.4. The first-order valence-electron chi connectivity index (χ1n) is 5.96. The summed E-state index contributed by atoms with van der Waals surface area (Å²) in [5.41, 5.74) is 2.49. The van der Waals surface area contributed by atoms with Crippen LogP contribution in [0.2, 0.25) is 0 Å². The Morgan fingerprint density at radius 3 is 2.89 bits per heavy atom. The van der Waals surface area contributed by atoms with Gasteiger partial charge in [-0.3, -0.25) is 4.79 Å². The van der Waals surface area contributed by atoms with E-state index in [1.165, 1.54) is 0 Å². The Balaban J connectivity index is 2.04. The number of nitrogens with one attached hydrogen (secondary N) is 2. The number of aromatic amines is 1. The van der Waals surface area contributed by atoms with E-state index in [1.54, 1.807) is 6.92 Å². The molecule has 0 aliphatic heterocycles. The van der Waals surface area contributed by atoms with E-state index in [9.17, 15) is 4.79 Å². The number of rotatable bonds is 4. The van der Waals surface area contributed by atoms with Crippen LogP contribution in [-0.2, 0) is 11.2 Å². The second kappa shape index (κ2) is 5.04. The van der Waals surface area contributed by atoms with Gasteiger partial charge in [-0.2, -0.15) is 0 Å². The number of H-pyrrole nitrogens is 1. The lowest BCUT2D eigenvalue weighted by Gasteiger charge is -2.12. The second-order valence-electron chi connectivity index (χ2n) is 4.56. The maximum Gasteiger partial charge on any atom is 0.246 e. The standard InChI is InChI=1S/C14H17N3O/c1-9(2)14(18)15-10(3)8-13-16-11-6-4-5-7-12(11)17-13/h4-7,10H,1,8H2,2-3H3,(H,15,18)(H,16,17). The predicted octanol–water partition coefficient (Wildman–Crippen LogP) is 2.19. The summed E-state index contributed by atoms with van der Waals surface area (Å²) in [6, 6.07) is 7.90. The maximum atomic E-state index is 11.5. The van der Waals surface area contributed by atoms with Gasteiger partial charge in [0.15, 0.2) is 0 Å². The van der Waals surface area contributed by atoms with Crippen molar-refractivity contribution in [3.05, 3.63) is 42.2 Å². The zero-order valence-electron chi connectivity index (χ0n) is 10.7. The molecule has 94 valence electrons. The third kappa shape index (κ3) is 2.77. The SMILES string of the molecule is C=C(C)C(=O)NC(C)Cc1nc2ccccc2[nH]1. The van der Waals surface area contributed by atoms with Crippen molar-refractivity contribution in [2.24, 2.45) is 0 Å². The second-order valence-corrected chi connectivity index (χ2v) is 4.56. The third-order valence-electron chi connectivity index (χ3n) is 2.70. The van der Waals surface area contributed by atoms with Crippen molar-refractivity contribution in [2.45, 2.75) is 26.3 Å². The van der Waals surface area contributed by atoms with Crippen LogP contribution in [-0.4, -0.2) is 21.9 Å². The van der Waals surface area contributed by atoms with Gasteiger partial charge in [-0.1, -0.05) is 18.7 Å². The minimum Gasteiger partial charge on any atom is -0.349 e. The summed E-state index contributed by atoms with van der Waals surface area (Å²) in [5.74, 6) is 0.768. The van der Waals surface area contributed by atoms with Crippen molar-refractivity contribution in [3.8, 4) is 0 Å². The quantitative estimate of drug-likeness (QED) is 0.809. The van der Waals surface area contributed by atoms with Gasteiger partial charge in [-0.25, -0.2) is 4.98 Å². The van der Waals surface area contributed by atoms with Crippen LogP contribution in [0.1, 0.15) is 19.7 Å². The summed E-state index contributed by atoms with van der Waals surface area (Å²) < 4.78 is 0. The fourth-order valence-corrected chi connectivity index (χ4v) is 1.79. The molecule has 0 fully saturated rings. The predicted molar refractivity (Wildman–Crippen MR) is 72.2 cm³/mol. The molecule has 0 saturated heterocycles. The first-order valence-corrected chi connectivity index (χ1v) is 5.96. The van der Waals surface area contributed by atoms with Crippen LogP contribution in [0.5, 0.6) is 0 Å². The number of imidazole rings is 1. The van der Waals surface area contributed by atoms with Crippen molar-refractivity contribution in [1.82, 2.24) is 15.3 Å². The number of nitrogens with zero attached hydrogens (tertiary/aromatic N) is 1. The largest absolute Gasteiger partial charge is 0.349 e. The monoisotopic (exact) mass is 243 g/mol. The summed E-state index contributed by atoms with van der Waals surface area (Å²) in [7, 11) is 0. The number of hydrogen-bond acceptors (Lipinski definition) is 2. The van der Waals surface area contributed by atoms with Crippen LogP contribution in [0, 0.1) is 0 Å². The molecule has 1 amide bonds. The third-order valence-corrected chi connectivity index (χ3v) is 2.70. The number of amides is 1. The van der Waals surface area contributed by atoms with Gasteiger partial charge >= 0.3 is 0 Å². The highest BCUT2D eigenvalue weighted by atomic mass is 16.1. The Morgan fingerprint density at radius 1 is 1.50 bits per heavy atom. The van der Waals surface area contributed by atoms with Crippen molar-refractivity contribution in [3.63, 3.8) is 0 Å². The van der Waals surface area contributed by atoms with E-state index in [4.69, 9.17) is 0 Å². The van der Waals surface area contributed by atoms with E-state index in [-0.39, 0.29) is 11.9 Å². The lowest BCUT2D eigenvalue weighted by Crippen LogP contribution is -2.34. The zero-order valence-corrected chi connectivity index (χ0v) is 10.7. The summed E-state index contributed by atoms with van der Waals surface area (Å²) >= 11 is 0. The van der Waals surface area contributed by atoms with Gasteiger partial charge < -0.3 is 10.3 Å². The van der Waals surface area contributed by atoms with Crippen molar-refractivity contribution in [1.29, 1.82) is 0 Å². The molecule has 0 aliphatic rings. The number of carbonyl (C=O) groups excluding carboxylic acids is 1. The van der Waals surface area contributed by atoms with Gasteiger partial charge in [-0.15, -0.1) is 0 Å². The maximum absolute atomic E-state index is 11.5. The number of aromatic nitrogens is 2. The highest BCUT2D eigenvalue weighted by Gasteiger charge is 2.10. The van der Waals surface area contributed by atoms with E-state index in [2.05, 4.69) is 21.9 Å². The molecule has 2 N–H and O–H groups in total. The molecule has 4 heteroatoms. The Bertz CT molecular complexity index is 552. The zero-order chi connectivity index (χ0) is 13.1. The molecule has 0 spiro atoms. The Morgan fingerprint density at radius 2 is 2.22 bits per heavy atom. The molecular weight excluding hydrogens is 226 g/mol. The molecule has 1 heterocycles. The lowest BCUT2D eigenvalue weighted by molar-refractivity contribution is -0.118. The lowest BCUT2D eigenvalue weighted by atomic mass is 10.2. The molecule has 1 aromatic heterocycles. The molecule has 1 unspecified atom stereocenters. The molecule has 1 aromatic carbocycles. The molecule has 18 heavy (non-hydrogen) atoms. The molecule has 0 bridgehead atoms. The number of carbonyl (C=O) groups is 1. The highest BCUT2D eigenvalue weighted by molar-refractivity contribution is 5.92. The molecular formula is C14H17N3O. The van der Waals surface area contributed by atoms with Crippen LogP contribution >= 0.6 is 0 Å². The number of hydrogen-bond donors (Lipinski definition) is 2. The van der Waals surface area contributed by atoms with Crippen LogP contribution in [0.3, 0.4) is 0 Å². The van der Waals surface area contributed by atoms with Crippen molar-refractivity contribution < 1.29 is 4.79 Å². The van der Waals surface area contributed by atoms with Gasteiger partial charge in [-0.05, 0) is 26.0 Å². The molecule has 1 atom stereocenters. The molecule has 0 radical (unpaired) electrons. The normalized spacial score (nSPS) is 12.3. The van der Waals surface area contributed by atoms with Crippen LogP contribution in [0.15, 0.2) is 36.4 Å². The van der Waals surface area contributed by atoms with E-state index in [0.717, 1.165) is 16.9 Å². The number of para-hydroxylation sites is 2. The van der Waals surface area contributed by atoms with Gasteiger partial charge in [0.1, 0.15) is 5.82 Å². The number of fused-ring (bicyclic) bond motifs is 1. The van der Waals surface area contributed by atoms with Crippen LogP contribution in [0.4, 0.5) is 0 Å². The molecule has 2 aromatic rings. The van der Waals surface area contributed by atoms with E-state index in [1.807, 2.05) is 31.2 Å². The smallest absolute Gasteiger partial charge is 0.246 e. The topological polar surface area (TPSA) is 57.8 Å². The van der Waals surface area contributed by atoms with Gasteiger partial charge in [0, 0.05) is 18.0 Å². The summed E-state index contributed by atoms with van der Waals surface area (Å²) in [6.07, 6.45) is 0.674. The molecule has 4 nitrogen and oxygen atoms in total.